The summed E-state index contributed by atoms with van der Waals surface area (Å²) in [5, 5.41) is 18.2. The molecule has 0 saturated carbocycles. The van der Waals surface area contributed by atoms with Gasteiger partial charge in [-0.3, -0.25) is 19.7 Å². The van der Waals surface area contributed by atoms with E-state index in [1.807, 2.05) is 5.38 Å². The summed E-state index contributed by atoms with van der Waals surface area (Å²) in [6.07, 6.45) is 2.72. The molecule has 0 aliphatic heterocycles. The minimum atomic E-state index is -0.585. The van der Waals surface area contributed by atoms with Gasteiger partial charge in [-0.2, -0.15) is 0 Å². The first-order valence-corrected chi connectivity index (χ1v) is 9.56. The van der Waals surface area contributed by atoms with Crippen molar-refractivity contribution in [1.82, 2.24) is 0 Å². The molecule has 0 fully saturated rings. The standard InChI is InChI=1S/C20H14ClN3O4S/c21-16-9-3-13(12-17(16)24(27)28)4-10-19(25)22-14-5-7-15(8-6-14)23-20(26)18-2-1-11-29-18/h1-12H,(H,22,25)(H,23,26). The number of thiophene rings is 1. The first-order chi connectivity index (χ1) is 13.9. The topological polar surface area (TPSA) is 101 Å². The van der Waals surface area contributed by atoms with Gasteiger partial charge < -0.3 is 10.6 Å². The van der Waals surface area contributed by atoms with Crippen molar-refractivity contribution < 1.29 is 14.5 Å². The Hall–Kier alpha value is -3.49. The molecule has 0 aliphatic rings. The normalized spacial score (nSPS) is 10.7. The molecule has 9 heteroatoms. The zero-order chi connectivity index (χ0) is 20.8. The van der Waals surface area contributed by atoms with E-state index in [1.54, 1.807) is 42.5 Å². The van der Waals surface area contributed by atoms with E-state index in [0.29, 0.717) is 21.8 Å². The Morgan fingerprint density at radius 2 is 1.72 bits per heavy atom. The van der Waals surface area contributed by atoms with E-state index in [4.69, 9.17) is 11.6 Å². The van der Waals surface area contributed by atoms with Gasteiger partial charge >= 0.3 is 0 Å². The quantitative estimate of drug-likeness (QED) is 0.320. The molecular formula is C20H14ClN3O4S. The van der Waals surface area contributed by atoms with Gasteiger partial charge in [0.25, 0.3) is 11.6 Å². The summed E-state index contributed by atoms with van der Waals surface area (Å²) in [6.45, 7) is 0. The molecule has 29 heavy (non-hydrogen) atoms. The number of halogens is 1. The highest BCUT2D eigenvalue weighted by Crippen LogP contribution is 2.25. The van der Waals surface area contributed by atoms with Gasteiger partial charge in [0.1, 0.15) is 5.02 Å². The van der Waals surface area contributed by atoms with Crippen molar-refractivity contribution in [3.05, 3.63) is 91.6 Å². The van der Waals surface area contributed by atoms with Crippen LogP contribution in [0.2, 0.25) is 5.02 Å². The number of nitro benzene ring substituents is 1. The van der Waals surface area contributed by atoms with E-state index in [2.05, 4.69) is 10.6 Å². The van der Waals surface area contributed by atoms with Gasteiger partial charge in [0.05, 0.1) is 9.80 Å². The molecule has 0 atom stereocenters. The van der Waals surface area contributed by atoms with Crippen LogP contribution in [-0.4, -0.2) is 16.7 Å². The average Bonchev–Trinajstić information content (AvgIpc) is 3.23. The van der Waals surface area contributed by atoms with Gasteiger partial charge in [-0.05, 0) is 53.4 Å². The Bertz CT molecular complexity index is 1080. The Morgan fingerprint density at radius 3 is 2.34 bits per heavy atom. The zero-order valence-electron chi connectivity index (χ0n) is 14.8. The first-order valence-electron chi connectivity index (χ1n) is 8.30. The maximum atomic E-state index is 12.1. The molecule has 146 valence electrons. The van der Waals surface area contributed by atoms with Crippen LogP contribution in [-0.2, 0) is 4.79 Å². The minimum Gasteiger partial charge on any atom is -0.323 e. The lowest BCUT2D eigenvalue weighted by molar-refractivity contribution is -0.384. The van der Waals surface area contributed by atoms with E-state index in [-0.39, 0.29) is 16.6 Å². The molecule has 2 aromatic carbocycles. The summed E-state index contributed by atoms with van der Waals surface area (Å²) in [5.41, 5.74) is 1.39. The lowest BCUT2D eigenvalue weighted by atomic mass is 10.2. The van der Waals surface area contributed by atoms with Crippen molar-refractivity contribution in [2.75, 3.05) is 10.6 Å². The Balaban J connectivity index is 1.59. The molecular weight excluding hydrogens is 414 g/mol. The number of nitrogens with one attached hydrogen (secondary N) is 2. The fourth-order valence-corrected chi connectivity index (χ4v) is 3.17. The molecule has 3 aromatic rings. The van der Waals surface area contributed by atoms with Gasteiger partial charge in [0.2, 0.25) is 5.91 Å². The molecule has 2 N–H and O–H groups in total. The third kappa shape index (κ3) is 5.50. The minimum absolute atomic E-state index is 0.0304. The van der Waals surface area contributed by atoms with E-state index >= 15 is 0 Å². The predicted molar refractivity (Wildman–Crippen MR) is 114 cm³/mol. The molecule has 0 spiro atoms. The van der Waals surface area contributed by atoms with E-state index in [1.165, 1.54) is 35.6 Å². The highest BCUT2D eigenvalue weighted by Gasteiger charge is 2.12. The van der Waals surface area contributed by atoms with Crippen molar-refractivity contribution in [3.63, 3.8) is 0 Å². The number of hydrogen-bond donors (Lipinski definition) is 2. The lowest BCUT2D eigenvalue weighted by Crippen LogP contribution is -2.10. The highest BCUT2D eigenvalue weighted by atomic mass is 35.5. The predicted octanol–water partition coefficient (Wildman–Crippen LogP) is 5.21. The van der Waals surface area contributed by atoms with Crippen molar-refractivity contribution in [2.45, 2.75) is 0 Å². The summed E-state index contributed by atoms with van der Waals surface area (Å²) in [6, 6.07) is 14.5. The average molecular weight is 428 g/mol. The monoisotopic (exact) mass is 427 g/mol. The second kappa shape index (κ2) is 9.13. The van der Waals surface area contributed by atoms with Crippen LogP contribution >= 0.6 is 22.9 Å². The number of carbonyl (C=O) groups is 2. The van der Waals surface area contributed by atoms with Gasteiger partial charge in [-0.1, -0.05) is 23.7 Å². The fourth-order valence-electron chi connectivity index (χ4n) is 2.37. The number of rotatable bonds is 6. The van der Waals surface area contributed by atoms with Gasteiger partial charge in [-0.15, -0.1) is 11.3 Å². The molecule has 1 heterocycles. The summed E-state index contributed by atoms with van der Waals surface area (Å²) < 4.78 is 0. The maximum absolute atomic E-state index is 12.1. The van der Waals surface area contributed by atoms with E-state index < -0.39 is 10.8 Å². The molecule has 0 unspecified atom stereocenters. The maximum Gasteiger partial charge on any atom is 0.288 e. The van der Waals surface area contributed by atoms with Crippen LogP contribution in [0.3, 0.4) is 0 Å². The van der Waals surface area contributed by atoms with Crippen molar-refractivity contribution in [2.24, 2.45) is 0 Å². The molecule has 0 radical (unpaired) electrons. The second-order valence-electron chi connectivity index (χ2n) is 5.80. The van der Waals surface area contributed by atoms with Crippen LogP contribution in [0.25, 0.3) is 6.08 Å². The number of amides is 2. The highest BCUT2D eigenvalue weighted by molar-refractivity contribution is 7.12. The summed E-state index contributed by atoms with van der Waals surface area (Å²) in [7, 11) is 0. The van der Waals surface area contributed by atoms with Crippen LogP contribution in [0.5, 0.6) is 0 Å². The largest absolute Gasteiger partial charge is 0.323 e. The number of hydrogen-bond acceptors (Lipinski definition) is 5. The Labute approximate surface area is 174 Å². The molecule has 7 nitrogen and oxygen atoms in total. The Morgan fingerprint density at radius 1 is 1.03 bits per heavy atom. The molecule has 1 aromatic heterocycles. The Kier molecular flexibility index (Phi) is 6.38. The number of benzene rings is 2. The fraction of sp³-hybridized carbons (Fsp3) is 0. The van der Waals surface area contributed by atoms with E-state index in [0.717, 1.165) is 0 Å². The van der Waals surface area contributed by atoms with Crippen molar-refractivity contribution >= 4 is 57.9 Å². The van der Waals surface area contributed by atoms with Crippen LogP contribution < -0.4 is 10.6 Å². The molecule has 2 amide bonds. The smallest absolute Gasteiger partial charge is 0.288 e. The van der Waals surface area contributed by atoms with Gasteiger partial charge in [0.15, 0.2) is 0 Å². The third-order valence-corrected chi connectivity index (χ3v) is 4.94. The number of nitrogens with zero attached hydrogens (tertiary/aromatic N) is 1. The van der Waals surface area contributed by atoms with Crippen LogP contribution in [0.4, 0.5) is 17.1 Å². The van der Waals surface area contributed by atoms with Crippen molar-refractivity contribution in [3.8, 4) is 0 Å². The van der Waals surface area contributed by atoms with E-state index in [9.17, 15) is 19.7 Å². The van der Waals surface area contributed by atoms with Crippen molar-refractivity contribution in [1.29, 1.82) is 0 Å². The van der Waals surface area contributed by atoms with Gasteiger partial charge in [0, 0.05) is 23.5 Å². The summed E-state index contributed by atoms with van der Waals surface area (Å²) in [5.74, 6) is -0.602. The zero-order valence-corrected chi connectivity index (χ0v) is 16.4. The molecule has 0 bridgehead atoms. The third-order valence-electron chi connectivity index (χ3n) is 3.75. The molecule has 0 saturated heterocycles. The summed E-state index contributed by atoms with van der Waals surface area (Å²) in [4.78, 5) is 35.0. The SMILES string of the molecule is O=C(C=Cc1ccc(Cl)c([N+](=O)[O-])c1)Nc1ccc(NC(=O)c2cccs2)cc1. The first kappa shape index (κ1) is 20.2. The molecule has 3 rings (SSSR count). The number of carbonyl (C=O) groups excluding carboxylic acids is 2. The summed E-state index contributed by atoms with van der Waals surface area (Å²) >= 11 is 7.11. The van der Waals surface area contributed by atoms with Crippen LogP contribution in [0.1, 0.15) is 15.2 Å². The lowest BCUT2D eigenvalue weighted by Gasteiger charge is -2.06. The van der Waals surface area contributed by atoms with Crippen LogP contribution in [0.15, 0.2) is 66.1 Å². The number of anilines is 2. The molecule has 0 aliphatic carbocycles. The second-order valence-corrected chi connectivity index (χ2v) is 7.15. The van der Waals surface area contributed by atoms with Gasteiger partial charge in [-0.25, -0.2) is 0 Å². The number of nitro groups is 1. The van der Waals surface area contributed by atoms with Crippen LogP contribution in [0, 0.1) is 10.1 Å².